The molecule has 3 aromatic rings. The van der Waals surface area contributed by atoms with Crippen molar-refractivity contribution >= 4 is 56.1 Å². The summed E-state index contributed by atoms with van der Waals surface area (Å²) in [5.74, 6) is 0.164. The number of anilines is 1. The highest BCUT2D eigenvalue weighted by Crippen LogP contribution is 2.29. The standard InChI is InChI=1S/C21H20BrClN4O4.C2H6/c1-30-10-17(20-24-15-4-3-13(23)9-16(15)25-20)26-21(29)12-2-5-18(14(22)8-12)27-6-7-31-11-19(27)28;1-2/h2-5,8-9,17H,6-7,10-11H2,1H3,(H,24,25)(H,26,29);1-2H3. The summed E-state index contributed by atoms with van der Waals surface area (Å²) in [6.07, 6.45) is 0. The summed E-state index contributed by atoms with van der Waals surface area (Å²) >= 11 is 9.53. The van der Waals surface area contributed by atoms with E-state index in [1.807, 2.05) is 19.9 Å². The van der Waals surface area contributed by atoms with Gasteiger partial charge in [0.05, 0.1) is 29.9 Å². The molecule has 10 heteroatoms. The number of aromatic amines is 1. The van der Waals surface area contributed by atoms with Gasteiger partial charge in [0.1, 0.15) is 18.5 Å². The van der Waals surface area contributed by atoms with Crippen molar-refractivity contribution < 1.29 is 19.1 Å². The molecule has 0 radical (unpaired) electrons. The van der Waals surface area contributed by atoms with Crippen molar-refractivity contribution in [3.8, 4) is 0 Å². The van der Waals surface area contributed by atoms with Crippen LogP contribution in [-0.4, -0.2) is 55.3 Å². The Balaban J connectivity index is 0.00000149. The van der Waals surface area contributed by atoms with E-state index < -0.39 is 6.04 Å². The summed E-state index contributed by atoms with van der Waals surface area (Å²) in [7, 11) is 1.56. The van der Waals surface area contributed by atoms with Gasteiger partial charge in [-0.05, 0) is 52.3 Å². The predicted octanol–water partition coefficient (Wildman–Crippen LogP) is 4.49. The van der Waals surface area contributed by atoms with Crippen LogP contribution in [0.15, 0.2) is 40.9 Å². The van der Waals surface area contributed by atoms with Crippen molar-refractivity contribution in [1.29, 1.82) is 0 Å². The highest BCUT2D eigenvalue weighted by atomic mass is 79.9. The molecule has 176 valence electrons. The number of fused-ring (bicyclic) bond motifs is 1. The lowest BCUT2D eigenvalue weighted by Crippen LogP contribution is -2.41. The number of hydrogen-bond donors (Lipinski definition) is 2. The van der Waals surface area contributed by atoms with Crippen LogP contribution in [0, 0.1) is 0 Å². The molecule has 1 aliphatic rings. The first-order valence-corrected chi connectivity index (χ1v) is 11.8. The average molecular weight is 538 g/mol. The molecule has 4 rings (SSSR count). The molecule has 0 saturated carbocycles. The highest BCUT2D eigenvalue weighted by Gasteiger charge is 2.24. The number of benzene rings is 2. The Hall–Kier alpha value is -2.46. The summed E-state index contributed by atoms with van der Waals surface area (Å²) in [5, 5.41) is 3.55. The molecule has 8 nitrogen and oxygen atoms in total. The molecule has 2 aromatic carbocycles. The van der Waals surface area contributed by atoms with Crippen molar-refractivity contribution in [3.63, 3.8) is 0 Å². The minimum atomic E-state index is -0.483. The molecule has 1 unspecified atom stereocenters. The highest BCUT2D eigenvalue weighted by molar-refractivity contribution is 9.10. The van der Waals surface area contributed by atoms with Gasteiger partial charge in [-0.2, -0.15) is 0 Å². The second kappa shape index (κ2) is 11.6. The number of methoxy groups -OCH3 is 1. The maximum atomic E-state index is 12.9. The first kappa shape index (κ1) is 25.2. The number of H-pyrrole nitrogens is 1. The fourth-order valence-electron chi connectivity index (χ4n) is 3.40. The molecule has 1 fully saturated rings. The molecule has 0 bridgehead atoms. The van der Waals surface area contributed by atoms with Gasteiger partial charge in [0, 0.05) is 28.7 Å². The van der Waals surface area contributed by atoms with Crippen LogP contribution >= 0.6 is 27.5 Å². The molecule has 2 amide bonds. The van der Waals surface area contributed by atoms with Gasteiger partial charge >= 0.3 is 0 Å². The smallest absolute Gasteiger partial charge is 0.253 e. The first-order valence-electron chi connectivity index (χ1n) is 10.6. The number of hydrogen-bond acceptors (Lipinski definition) is 5. The maximum absolute atomic E-state index is 12.9. The van der Waals surface area contributed by atoms with E-state index in [0.717, 1.165) is 11.0 Å². The molecule has 1 atom stereocenters. The topological polar surface area (TPSA) is 96.6 Å². The van der Waals surface area contributed by atoms with E-state index in [1.165, 1.54) is 0 Å². The Kier molecular flexibility index (Phi) is 8.85. The van der Waals surface area contributed by atoms with Crippen LogP contribution in [-0.2, 0) is 14.3 Å². The van der Waals surface area contributed by atoms with Crippen molar-refractivity contribution in [3.05, 3.63) is 57.3 Å². The molecule has 2 N–H and O–H groups in total. The number of carbonyl (C=O) groups is 2. The van der Waals surface area contributed by atoms with Gasteiger partial charge in [0.15, 0.2) is 0 Å². The molecule has 2 heterocycles. The van der Waals surface area contributed by atoms with Crippen LogP contribution in [0.4, 0.5) is 5.69 Å². The molecule has 1 saturated heterocycles. The summed E-state index contributed by atoms with van der Waals surface area (Å²) in [6.45, 7) is 5.23. The Labute approximate surface area is 205 Å². The van der Waals surface area contributed by atoms with Crippen molar-refractivity contribution in [2.45, 2.75) is 19.9 Å². The number of rotatable bonds is 6. The average Bonchev–Trinajstić information content (AvgIpc) is 3.24. The van der Waals surface area contributed by atoms with Gasteiger partial charge in [-0.25, -0.2) is 4.98 Å². The number of amides is 2. The van der Waals surface area contributed by atoms with Gasteiger partial charge < -0.3 is 24.7 Å². The Bertz CT molecular complexity index is 1140. The van der Waals surface area contributed by atoms with E-state index in [4.69, 9.17) is 21.1 Å². The van der Waals surface area contributed by atoms with E-state index in [-0.39, 0.29) is 25.0 Å². The van der Waals surface area contributed by atoms with Crippen molar-refractivity contribution in [1.82, 2.24) is 15.3 Å². The van der Waals surface area contributed by atoms with E-state index in [0.29, 0.717) is 39.7 Å². The minimum absolute atomic E-state index is 0.0517. The fourth-order valence-corrected chi connectivity index (χ4v) is 4.17. The largest absolute Gasteiger partial charge is 0.382 e. The lowest BCUT2D eigenvalue weighted by molar-refractivity contribution is -0.125. The Morgan fingerprint density at radius 1 is 1.33 bits per heavy atom. The van der Waals surface area contributed by atoms with E-state index in [2.05, 4.69) is 31.2 Å². The van der Waals surface area contributed by atoms with E-state index in [1.54, 1.807) is 42.3 Å². The number of halogens is 2. The number of nitrogens with one attached hydrogen (secondary N) is 2. The van der Waals surface area contributed by atoms with Gasteiger partial charge in [0.2, 0.25) is 0 Å². The molecule has 0 spiro atoms. The molecule has 33 heavy (non-hydrogen) atoms. The van der Waals surface area contributed by atoms with Crippen molar-refractivity contribution in [2.75, 3.05) is 38.4 Å². The van der Waals surface area contributed by atoms with E-state index >= 15 is 0 Å². The lowest BCUT2D eigenvalue weighted by atomic mass is 10.1. The summed E-state index contributed by atoms with van der Waals surface area (Å²) in [4.78, 5) is 34.4. The maximum Gasteiger partial charge on any atom is 0.253 e. The van der Waals surface area contributed by atoms with Crippen LogP contribution < -0.4 is 10.2 Å². The quantitative estimate of drug-likeness (QED) is 0.483. The molecule has 1 aromatic heterocycles. The fraction of sp³-hybridized carbons (Fsp3) is 0.348. The zero-order chi connectivity index (χ0) is 24.0. The van der Waals surface area contributed by atoms with Gasteiger partial charge in [-0.15, -0.1) is 0 Å². The SMILES string of the molecule is CC.COCC(NC(=O)c1ccc(N2CCOCC2=O)c(Br)c1)c1nc2ccc(Cl)cc2[nH]1. The van der Waals surface area contributed by atoms with Crippen LogP contribution in [0.3, 0.4) is 0 Å². The Morgan fingerprint density at radius 2 is 2.12 bits per heavy atom. The molecular weight excluding hydrogens is 512 g/mol. The first-order chi connectivity index (χ1) is 16.0. The van der Waals surface area contributed by atoms with Crippen LogP contribution in [0.25, 0.3) is 11.0 Å². The molecule has 1 aliphatic heterocycles. The van der Waals surface area contributed by atoms with E-state index in [9.17, 15) is 9.59 Å². The summed E-state index contributed by atoms with van der Waals surface area (Å²) < 4.78 is 11.1. The zero-order valence-electron chi connectivity index (χ0n) is 18.7. The lowest BCUT2D eigenvalue weighted by Gasteiger charge is -2.28. The normalized spacial score (nSPS) is 14.6. The predicted molar refractivity (Wildman–Crippen MR) is 132 cm³/mol. The number of carbonyl (C=O) groups excluding carboxylic acids is 2. The molecular formula is C23H26BrClN4O4. The van der Waals surface area contributed by atoms with Gasteiger partial charge in [0.25, 0.3) is 11.8 Å². The summed E-state index contributed by atoms with van der Waals surface area (Å²) in [6, 6.07) is 9.99. The Morgan fingerprint density at radius 3 is 2.82 bits per heavy atom. The second-order valence-electron chi connectivity index (χ2n) is 7.03. The van der Waals surface area contributed by atoms with Gasteiger partial charge in [-0.3, -0.25) is 9.59 Å². The molecule has 0 aliphatic carbocycles. The third-order valence-corrected chi connectivity index (χ3v) is 5.79. The minimum Gasteiger partial charge on any atom is -0.382 e. The second-order valence-corrected chi connectivity index (χ2v) is 8.32. The number of morpholine rings is 1. The number of nitrogens with zero attached hydrogens (tertiary/aromatic N) is 2. The third kappa shape index (κ3) is 5.92. The van der Waals surface area contributed by atoms with Gasteiger partial charge in [-0.1, -0.05) is 25.4 Å². The zero-order valence-corrected chi connectivity index (χ0v) is 21.0. The van der Waals surface area contributed by atoms with Crippen LogP contribution in [0.1, 0.15) is 36.1 Å². The van der Waals surface area contributed by atoms with Crippen LogP contribution in [0.5, 0.6) is 0 Å². The van der Waals surface area contributed by atoms with Crippen molar-refractivity contribution in [2.24, 2.45) is 0 Å². The number of imidazole rings is 1. The monoisotopic (exact) mass is 536 g/mol. The number of ether oxygens (including phenoxy) is 2. The number of aromatic nitrogens is 2. The third-order valence-electron chi connectivity index (χ3n) is 4.92. The van der Waals surface area contributed by atoms with Crippen LogP contribution in [0.2, 0.25) is 5.02 Å². The summed E-state index contributed by atoms with van der Waals surface area (Å²) in [5.41, 5.74) is 2.67.